The van der Waals surface area contributed by atoms with Gasteiger partial charge in [0.1, 0.15) is 6.04 Å². The minimum absolute atomic E-state index is 0.405. The number of benzene rings is 1. The largest absolute Gasteiger partial charge is 0.490 e. The number of nitrogens with zero attached hydrogens (tertiary/aromatic N) is 2. The van der Waals surface area contributed by atoms with Gasteiger partial charge in [0.05, 0.1) is 6.20 Å². The second kappa shape index (κ2) is 9.44. The van der Waals surface area contributed by atoms with E-state index in [-0.39, 0.29) is 0 Å². The molecule has 4 N–H and O–H groups in total. The molecule has 2 heterocycles. The molecule has 1 aromatic carbocycles. The number of aromatic amines is 1. The summed E-state index contributed by atoms with van der Waals surface area (Å²) in [5, 5.41) is 24.9. The van der Waals surface area contributed by atoms with E-state index >= 15 is 0 Å². The molecule has 11 heteroatoms. The standard InChI is InChI=1S/C17H20N4O2.C2HF3O2/c1-11-4-3-5-15-14(11)7-13(20-15)9-18-16(17(22)23)6-12-8-19-21(2)10-12;3-2(4,5)1(6)7/h3-5,7-8,10,16,18,20H,6,9H2,1-2H3,(H,22,23);(H,6,7). The zero-order valence-electron chi connectivity index (χ0n) is 16.2. The number of nitrogens with one attached hydrogen (secondary N) is 2. The van der Waals surface area contributed by atoms with E-state index in [1.54, 1.807) is 10.9 Å². The van der Waals surface area contributed by atoms with Gasteiger partial charge in [-0.05, 0) is 30.2 Å². The molecule has 0 aliphatic heterocycles. The van der Waals surface area contributed by atoms with Crippen LogP contribution in [0.2, 0.25) is 0 Å². The molecule has 0 amide bonds. The van der Waals surface area contributed by atoms with Crippen molar-refractivity contribution in [1.82, 2.24) is 20.1 Å². The summed E-state index contributed by atoms with van der Waals surface area (Å²) in [6.07, 6.45) is -1.14. The molecule has 0 radical (unpaired) electrons. The van der Waals surface area contributed by atoms with E-state index in [4.69, 9.17) is 9.90 Å². The van der Waals surface area contributed by atoms with Gasteiger partial charge >= 0.3 is 18.1 Å². The molecule has 0 saturated carbocycles. The number of alkyl halides is 3. The molecule has 3 rings (SSSR count). The fourth-order valence-electron chi connectivity index (χ4n) is 2.75. The van der Waals surface area contributed by atoms with Crippen LogP contribution in [0.5, 0.6) is 0 Å². The predicted octanol–water partition coefficient (Wildman–Crippen LogP) is 2.63. The Balaban J connectivity index is 0.000000396. The number of fused-ring (bicyclic) bond motifs is 1. The van der Waals surface area contributed by atoms with Crippen LogP contribution in [0.3, 0.4) is 0 Å². The summed E-state index contributed by atoms with van der Waals surface area (Å²) < 4.78 is 33.4. The molecule has 1 unspecified atom stereocenters. The number of carboxylic acids is 2. The summed E-state index contributed by atoms with van der Waals surface area (Å²) in [4.78, 5) is 23.7. The van der Waals surface area contributed by atoms with Crippen LogP contribution in [-0.4, -0.2) is 49.1 Å². The number of aliphatic carboxylic acids is 2. The van der Waals surface area contributed by atoms with E-state index in [1.165, 1.54) is 10.9 Å². The Morgan fingerprint density at radius 1 is 1.30 bits per heavy atom. The molecule has 2 aromatic heterocycles. The van der Waals surface area contributed by atoms with Crippen LogP contribution in [0.15, 0.2) is 36.7 Å². The monoisotopic (exact) mass is 426 g/mol. The highest BCUT2D eigenvalue weighted by Gasteiger charge is 2.38. The second-order valence-electron chi connectivity index (χ2n) is 6.63. The van der Waals surface area contributed by atoms with E-state index in [2.05, 4.69) is 34.5 Å². The first-order valence-corrected chi connectivity index (χ1v) is 8.78. The molecule has 0 aliphatic carbocycles. The minimum Gasteiger partial charge on any atom is -0.480 e. The van der Waals surface area contributed by atoms with Gasteiger partial charge in [-0.2, -0.15) is 18.3 Å². The minimum atomic E-state index is -5.08. The van der Waals surface area contributed by atoms with Gasteiger partial charge in [0.2, 0.25) is 0 Å². The Labute approximate surface area is 169 Å². The summed E-state index contributed by atoms with van der Waals surface area (Å²) in [6, 6.07) is 7.52. The number of aromatic nitrogens is 3. The summed E-state index contributed by atoms with van der Waals surface area (Å²) in [5.74, 6) is -3.62. The molecular formula is C19H21F3N4O4. The molecule has 3 aromatic rings. The van der Waals surface area contributed by atoms with Gasteiger partial charge in [-0.25, -0.2) is 4.79 Å². The highest BCUT2D eigenvalue weighted by Crippen LogP contribution is 2.19. The summed E-state index contributed by atoms with van der Waals surface area (Å²) >= 11 is 0. The smallest absolute Gasteiger partial charge is 0.480 e. The molecule has 0 saturated heterocycles. The third-order valence-corrected chi connectivity index (χ3v) is 4.22. The molecule has 0 bridgehead atoms. The van der Waals surface area contributed by atoms with Crippen LogP contribution >= 0.6 is 0 Å². The fourth-order valence-corrected chi connectivity index (χ4v) is 2.75. The summed E-state index contributed by atoms with van der Waals surface area (Å²) in [6.45, 7) is 2.54. The first-order valence-electron chi connectivity index (χ1n) is 8.78. The van der Waals surface area contributed by atoms with Crippen LogP contribution in [0, 0.1) is 6.92 Å². The Morgan fingerprint density at radius 2 is 1.97 bits per heavy atom. The highest BCUT2D eigenvalue weighted by molar-refractivity contribution is 5.83. The maximum absolute atomic E-state index is 11.5. The van der Waals surface area contributed by atoms with Crippen molar-refractivity contribution in [2.24, 2.45) is 7.05 Å². The molecule has 162 valence electrons. The van der Waals surface area contributed by atoms with E-state index in [9.17, 15) is 23.1 Å². The van der Waals surface area contributed by atoms with Crippen LogP contribution in [0.1, 0.15) is 16.8 Å². The molecule has 1 atom stereocenters. The molecule has 0 fully saturated rings. The number of carboxylic acid groups (broad SMARTS) is 2. The molecule has 0 aliphatic rings. The van der Waals surface area contributed by atoms with E-state index < -0.39 is 24.2 Å². The van der Waals surface area contributed by atoms with E-state index in [0.717, 1.165) is 16.8 Å². The van der Waals surface area contributed by atoms with Gasteiger partial charge in [0.15, 0.2) is 0 Å². The van der Waals surface area contributed by atoms with Crippen molar-refractivity contribution in [3.63, 3.8) is 0 Å². The number of rotatable bonds is 6. The first kappa shape index (κ1) is 22.9. The maximum Gasteiger partial charge on any atom is 0.490 e. The van der Waals surface area contributed by atoms with Crippen molar-refractivity contribution in [3.8, 4) is 0 Å². The van der Waals surface area contributed by atoms with Crippen molar-refractivity contribution < 1.29 is 33.0 Å². The topological polar surface area (TPSA) is 120 Å². The maximum atomic E-state index is 11.5. The highest BCUT2D eigenvalue weighted by atomic mass is 19.4. The lowest BCUT2D eigenvalue weighted by Crippen LogP contribution is -2.38. The number of H-pyrrole nitrogens is 1. The number of hydrogen-bond acceptors (Lipinski definition) is 4. The summed E-state index contributed by atoms with van der Waals surface area (Å²) in [5.41, 5.74) is 4.16. The van der Waals surface area contributed by atoms with Crippen molar-refractivity contribution >= 4 is 22.8 Å². The van der Waals surface area contributed by atoms with Crippen LogP contribution < -0.4 is 5.32 Å². The lowest BCUT2D eigenvalue weighted by Gasteiger charge is -2.12. The van der Waals surface area contributed by atoms with Crippen molar-refractivity contribution in [1.29, 1.82) is 0 Å². The first-order chi connectivity index (χ1) is 14.0. The van der Waals surface area contributed by atoms with E-state index in [0.29, 0.717) is 13.0 Å². The third kappa shape index (κ3) is 6.34. The van der Waals surface area contributed by atoms with Crippen molar-refractivity contribution in [2.45, 2.75) is 32.1 Å². The quantitative estimate of drug-likeness (QED) is 0.481. The van der Waals surface area contributed by atoms with Crippen molar-refractivity contribution in [2.75, 3.05) is 0 Å². The van der Waals surface area contributed by atoms with Gasteiger partial charge in [-0.1, -0.05) is 12.1 Å². The van der Waals surface area contributed by atoms with Gasteiger partial charge in [0.25, 0.3) is 0 Å². The van der Waals surface area contributed by atoms with Gasteiger partial charge in [0, 0.05) is 42.8 Å². The molecule has 8 nitrogen and oxygen atoms in total. The summed E-state index contributed by atoms with van der Waals surface area (Å²) in [7, 11) is 1.82. The van der Waals surface area contributed by atoms with Crippen LogP contribution in [0.25, 0.3) is 10.9 Å². The van der Waals surface area contributed by atoms with Crippen LogP contribution in [0.4, 0.5) is 13.2 Å². The molecular weight excluding hydrogens is 405 g/mol. The Morgan fingerprint density at radius 3 is 2.47 bits per heavy atom. The van der Waals surface area contributed by atoms with Gasteiger partial charge in [-0.3, -0.25) is 14.8 Å². The number of hydrogen-bond donors (Lipinski definition) is 4. The number of halogens is 3. The normalized spacial score (nSPS) is 12.3. The van der Waals surface area contributed by atoms with Gasteiger partial charge < -0.3 is 15.2 Å². The van der Waals surface area contributed by atoms with Crippen molar-refractivity contribution in [3.05, 3.63) is 53.5 Å². The zero-order valence-corrected chi connectivity index (χ0v) is 16.2. The SMILES string of the molecule is Cc1cccc2[nH]c(CNC(Cc3cnn(C)c3)C(=O)O)cc12.O=C(O)C(F)(F)F. The zero-order chi connectivity index (χ0) is 22.5. The Bertz CT molecular complexity index is 1030. The fraction of sp³-hybridized carbons (Fsp3) is 0.316. The van der Waals surface area contributed by atoms with Crippen LogP contribution in [-0.2, 0) is 29.6 Å². The average Bonchev–Trinajstić information content (AvgIpc) is 3.24. The number of carbonyl (C=O) groups is 2. The lowest BCUT2D eigenvalue weighted by atomic mass is 10.1. The van der Waals surface area contributed by atoms with Gasteiger partial charge in [-0.15, -0.1) is 0 Å². The van der Waals surface area contributed by atoms with E-state index in [1.807, 2.05) is 25.4 Å². The number of aryl methyl sites for hydroxylation is 2. The Kier molecular flexibility index (Phi) is 7.22. The average molecular weight is 426 g/mol. The molecule has 0 spiro atoms. The third-order valence-electron chi connectivity index (χ3n) is 4.22. The molecule has 30 heavy (non-hydrogen) atoms. The predicted molar refractivity (Wildman–Crippen MR) is 102 cm³/mol. The second-order valence-corrected chi connectivity index (χ2v) is 6.63. The Hall–Kier alpha value is -3.34. The lowest BCUT2D eigenvalue weighted by molar-refractivity contribution is -0.192.